The van der Waals surface area contributed by atoms with Crippen molar-refractivity contribution in [2.45, 2.75) is 98.8 Å². The van der Waals surface area contributed by atoms with Gasteiger partial charge in [0.25, 0.3) is 0 Å². The Labute approximate surface area is 141 Å². The molecule has 1 fully saturated rings. The molecule has 0 nitrogen and oxygen atoms in total. The van der Waals surface area contributed by atoms with E-state index >= 15 is 0 Å². The predicted octanol–water partition coefficient (Wildman–Crippen LogP) is 7.95. The van der Waals surface area contributed by atoms with Gasteiger partial charge in [0.2, 0.25) is 0 Å². The van der Waals surface area contributed by atoms with Crippen molar-refractivity contribution < 1.29 is 0 Å². The van der Waals surface area contributed by atoms with Gasteiger partial charge in [-0.25, -0.2) is 0 Å². The summed E-state index contributed by atoms with van der Waals surface area (Å²) >= 11 is 0. The fraction of sp³-hybridized carbons (Fsp3) is 0.818. The summed E-state index contributed by atoms with van der Waals surface area (Å²) < 4.78 is 0. The summed E-state index contributed by atoms with van der Waals surface area (Å²) in [7, 11) is 0. The van der Waals surface area contributed by atoms with E-state index in [4.69, 9.17) is 0 Å². The quantitative estimate of drug-likeness (QED) is 0.359. The first kappa shape index (κ1) is 21.5. The number of unbranched alkanes of at least 4 members (excludes halogenated alkanes) is 1. The fourth-order valence-corrected chi connectivity index (χ4v) is 3.56. The molecule has 1 aliphatic rings. The lowest BCUT2D eigenvalue weighted by atomic mass is 9.79. The standard InChI is InChI=1S/C21H38.CH4/c1-4-7-9-12-19(6-3)13-10-14-21-17-15-20(16-18-21)11-8-5-2;/h8-9,11-12,19-21H,4-7,10,13-18H2,1-3H3;1H4/b11-8-,12-9?;. The second-order valence-electron chi connectivity index (χ2n) is 6.93. The lowest BCUT2D eigenvalue weighted by Gasteiger charge is -2.27. The summed E-state index contributed by atoms with van der Waals surface area (Å²) in [6.45, 7) is 6.84. The maximum absolute atomic E-state index is 2.48. The van der Waals surface area contributed by atoms with Crippen LogP contribution < -0.4 is 0 Å². The predicted molar refractivity (Wildman–Crippen MR) is 103 cm³/mol. The number of hydrogen-bond donors (Lipinski definition) is 0. The first-order valence-corrected chi connectivity index (χ1v) is 9.63. The Morgan fingerprint density at radius 1 is 1.00 bits per heavy atom. The highest BCUT2D eigenvalue weighted by Gasteiger charge is 2.19. The van der Waals surface area contributed by atoms with E-state index < -0.39 is 0 Å². The van der Waals surface area contributed by atoms with E-state index in [1.165, 1.54) is 70.6 Å². The number of rotatable bonds is 10. The second kappa shape index (κ2) is 14.1. The van der Waals surface area contributed by atoms with Crippen molar-refractivity contribution in [3.05, 3.63) is 24.3 Å². The summed E-state index contributed by atoms with van der Waals surface area (Å²) in [5, 5.41) is 0. The highest BCUT2D eigenvalue weighted by molar-refractivity contribution is 4.91. The van der Waals surface area contributed by atoms with E-state index in [1.807, 2.05) is 0 Å². The molecule has 0 heterocycles. The molecule has 1 saturated carbocycles. The first-order valence-electron chi connectivity index (χ1n) is 9.63. The van der Waals surface area contributed by atoms with Crippen LogP contribution in [-0.4, -0.2) is 0 Å². The summed E-state index contributed by atoms with van der Waals surface area (Å²) in [4.78, 5) is 0. The van der Waals surface area contributed by atoms with Crippen LogP contribution >= 0.6 is 0 Å². The Bertz CT molecular complexity index is 278. The topological polar surface area (TPSA) is 0 Å². The van der Waals surface area contributed by atoms with Gasteiger partial charge in [-0.05, 0) is 69.1 Å². The van der Waals surface area contributed by atoms with Gasteiger partial charge >= 0.3 is 0 Å². The van der Waals surface area contributed by atoms with E-state index in [0.29, 0.717) is 0 Å². The van der Waals surface area contributed by atoms with Gasteiger partial charge < -0.3 is 0 Å². The van der Waals surface area contributed by atoms with Crippen molar-refractivity contribution in [2.24, 2.45) is 17.8 Å². The van der Waals surface area contributed by atoms with Crippen LogP contribution in [0.3, 0.4) is 0 Å². The van der Waals surface area contributed by atoms with Crippen LogP contribution in [0.5, 0.6) is 0 Å². The second-order valence-corrected chi connectivity index (χ2v) is 6.93. The van der Waals surface area contributed by atoms with E-state index in [9.17, 15) is 0 Å². The average molecular weight is 307 g/mol. The Morgan fingerprint density at radius 2 is 1.73 bits per heavy atom. The average Bonchev–Trinajstić information content (AvgIpc) is 2.52. The van der Waals surface area contributed by atoms with Gasteiger partial charge in [-0.3, -0.25) is 0 Å². The Kier molecular flexibility index (Phi) is 13.8. The van der Waals surface area contributed by atoms with Crippen molar-refractivity contribution in [3.8, 4) is 0 Å². The highest BCUT2D eigenvalue weighted by atomic mass is 14.2. The van der Waals surface area contributed by atoms with Gasteiger partial charge in [0.1, 0.15) is 0 Å². The SMILES string of the molecule is C.CC/C=C\C1CCC(CCCC(C=CCCC)CC)CC1. The minimum atomic E-state index is 0. The van der Waals surface area contributed by atoms with Crippen LogP contribution in [0.4, 0.5) is 0 Å². The Morgan fingerprint density at radius 3 is 2.32 bits per heavy atom. The maximum Gasteiger partial charge on any atom is -0.0233 e. The minimum absolute atomic E-state index is 0. The normalized spacial score (nSPS) is 23.8. The zero-order valence-electron chi connectivity index (χ0n) is 14.8. The first-order chi connectivity index (χ1) is 10.3. The van der Waals surface area contributed by atoms with Gasteiger partial charge in [-0.15, -0.1) is 0 Å². The molecule has 0 bridgehead atoms. The molecule has 0 radical (unpaired) electrons. The smallest absolute Gasteiger partial charge is 0.0233 e. The molecule has 22 heavy (non-hydrogen) atoms. The minimum Gasteiger partial charge on any atom is -0.0885 e. The van der Waals surface area contributed by atoms with Gasteiger partial charge in [-0.1, -0.05) is 71.8 Å². The van der Waals surface area contributed by atoms with Crippen molar-refractivity contribution in [3.63, 3.8) is 0 Å². The summed E-state index contributed by atoms with van der Waals surface area (Å²) in [6.07, 6.45) is 24.9. The fourth-order valence-electron chi connectivity index (χ4n) is 3.56. The Hall–Kier alpha value is -0.520. The molecule has 0 aromatic carbocycles. The molecule has 0 amide bonds. The lowest BCUT2D eigenvalue weighted by molar-refractivity contribution is 0.285. The highest BCUT2D eigenvalue weighted by Crippen LogP contribution is 2.33. The molecule has 130 valence electrons. The molecular formula is C22H42. The third-order valence-corrected chi connectivity index (χ3v) is 5.11. The van der Waals surface area contributed by atoms with Gasteiger partial charge in [0, 0.05) is 0 Å². The van der Waals surface area contributed by atoms with E-state index in [-0.39, 0.29) is 7.43 Å². The molecule has 0 aromatic rings. The molecule has 0 aliphatic heterocycles. The van der Waals surface area contributed by atoms with E-state index in [0.717, 1.165) is 17.8 Å². The van der Waals surface area contributed by atoms with Gasteiger partial charge in [-0.2, -0.15) is 0 Å². The maximum atomic E-state index is 2.48. The molecule has 1 rings (SSSR count). The van der Waals surface area contributed by atoms with Crippen molar-refractivity contribution in [1.29, 1.82) is 0 Å². The number of hydrogen-bond acceptors (Lipinski definition) is 0. The zero-order valence-corrected chi connectivity index (χ0v) is 14.8. The molecule has 0 heteroatoms. The van der Waals surface area contributed by atoms with Gasteiger partial charge in [0.05, 0.1) is 0 Å². The molecule has 0 spiro atoms. The summed E-state index contributed by atoms with van der Waals surface area (Å²) in [5.41, 5.74) is 0. The van der Waals surface area contributed by atoms with Crippen molar-refractivity contribution >= 4 is 0 Å². The largest absolute Gasteiger partial charge is 0.0885 e. The van der Waals surface area contributed by atoms with Gasteiger partial charge in [0.15, 0.2) is 0 Å². The molecular weight excluding hydrogens is 264 g/mol. The molecule has 1 aliphatic carbocycles. The Balaban J connectivity index is 0.00000441. The van der Waals surface area contributed by atoms with Crippen LogP contribution in [0, 0.1) is 17.8 Å². The lowest BCUT2D eigenvalue weighted by Crippen LogP contribution is -2.13. The van der Waals surface area contributed by atoms with E-state index in [1.54, 1.807) is 0 Å². The molecule has 0 N–H and O–H groups in total. The van der Waals surface area contributed by atoms with Crippen molar-refractivity contribution in [2.75, 3.05) is 0 Å². The summed E-state index contributed by atoms with van der Waals surface area (Å²) in [5.74, 6) is 2.75. The van der Waals surface area contributed by atoms with Crippen LogP contribution in [0.1, 0.15) is 98.8 Å². The monoisotopic (exact) mass is 306 g/mol. The third-order valence-electron chi connectivity index (χ3n) is 5.11. The summed E-state index contributed by atoms with van der Waals surface area (Å²) in [6, 6.07) is 0. The van der Waals surface area contributed by atoms with Crippen LogP contribution in [0.25, 0.3) is 0 Å². The molecule has 1 unspecified atom stereocenters. The number of allylic oxidation sites excluding steroid dienone is 4. The molecule has 1 atom stereocenters. The third kappa shape index (κ3) is 9.49. The van der Waals surface area contributed by atoms with Crippen LogP contribution in [0.2, 0.25) is 0 Å². The van der Waals surface area contributed by atoms with Crippen LogP contribution in [-0.2, 0) is 0 Å². The van der Waals surface area contributed by atoms with Crippen molar-refractivity contribution in [1.82, 2.24) is 0 Å². The van der Waals surface area contributed by atoms with Crippen LogP contribution in [0.15, 0.2) is 24.3 Å². The zero-order chi connectivity index (χ0) is 15.3. The van der Waals surface area contributed by atoms with E-state index in [2.05, 4.69) is 45.1 Å². The molecule has 0 saturated heterocycles. The molecule has 0 aromatic heterocycles.